The fourth-order valence-corrected chi connectivity index (χ4v) is 4.33. The molecule has 1 aliphatic heterocycles. The monoisotopic (exact) mass is 398 g/mol. The molecule has 0 radical (unpaired) electrons. The Kier molecular flexibility index (Phi) is 4.75. The van der Waals surface area contributed by atoms with Crippen LogP contribution in [0.4, 0.5) is 0 Å². The molecule has 5 rings (SSSR count). The quantitative estimate of drug-likeness (QED) is 0.523. The number of hydrogen-bond acceptors (Lipinski definition) is 3. The number of benzene rings is 2. The molecule has 0 atom stereocenters. The lowest BCUT2D eigenvalue weighted by Gasteiger charge is -2.34. The normalized spacial score (nSPS) is 15.2. The highest BCUT2D eigenvalue weighted by Gasteiger charge is 2.23. The SMILES string of the molecule is Cc1ccn2c(CN3CCN(C(=O)c4ccc5ccccc5c4)CC3)c(C)nc2c1. The van der Waals surface area contributed by atoms with Gasteiger partial charge in [-0.2, -0.15) is 0 Å². The van der Waals surface area contributed by atoms with E-state index in [1.165, 1.54) is 11.3 Å². The van der Waals surface area contributed by atoms with Crippen molar-refractivity contribution < 1.29 is 4.79 Å². The van der Waals surface area contributed by atoms with Crippen LogP contribution >= 0.6 is 0 Å². The molecule has 1 fully saturated rings. The van der Waals surface area contributed by atoms with Gasteiger partial charge in [-0.05, 0) is 54.4 Å². The van der Waals surface area contributed by atoms with Crippen LogP contribution in [0.2, 0.25) is 0 Å². The summed E-state index contributed by atoms with van der Waals surface area (Å²) in [6, 6.07) is 18.4. The Morgan fingerprint density at radius 3 is 2.50 bits per heavy atom. The van der Waals surface area contributed by atoms with Crippen LogP contribution in [-0.2, 0) is 6.54 Å². The molecule has 1 saturated heterocycles. The van der Waals surface area contributed by atoms with E-state index < -0.39 is 0 Å². The van der Waals surface area contributed by atoms with Gasteiger partial charge in [-0.3, -0.25) is 9.69 Å². The van der Waals surface area contributed by atoms with E-state index in [0.717, 1.165) is 60.4 Å². The molecule has 0 bridgehead atoms. The van der Waals surface area contributed by atoms with Gasteiger partial charge in [-0.15, -0.1) is 0 Å². The van der Waals surface area contributed by atoms with Gasteiger partial charge >= 0.3 is 0 Å². The van der Waals surface area contributed by atoms with Crippen molar-refractivity contribution in [3.05, 3.63) is 83.3 Å². The Morgan fingerprint density at radius 1 is 0.933 bits per heavy atom. The number of amides is 1. The zero-order chi connectivity index (χ0) is 20.7. The number of aromatic nitrogens is 2. The van der Waals surface area contributed by atoms with Gasteiger partial charge in [0.05, 0.1) is 11.4 Å². The molecule has 0 saturated carbocycles. The summed E-state index contributed by atoms with van der Waals surface area (Å²) < 4.78 is 2.19. The molecule has 1 amide bonds. The molecule has 152 valence electrons. The Morgan fingerprint density at radius 2 is 1.70 bits per heavy atom. The first-order valence-corrected chi connectivity index (χ1v) is 10.5. The third kappa shape index (κ3) is 3.46. The summed E-state index contributed by atoms with van der Waals surface area (Å²) in [4.78, 5) is 22.1. The summed E-state index contributed by atoms with van der Waals surface area (Å²) in [6.45, 7) is 8.28. The van der Waals surface area contributed by atoms with Crippen LogP contribution in [0.1, 0.15) is 27.3 Å². The lowest BCUT2D eigenvalue weighted by molar-refractivity contribution is 0.0626. The van der Waals surface area contributed by atoms with Gasteiger partial charge in [-0.25, -0.2) is 4.98 Å². The van der Waals surface area contributed by atoms with E-state index in [0.29, 0.717) is 0 Å². The Balaban J connectivity index is 1.27. The highest BCUT2D eigenvalue weighted by atomic mass is 16.2. The van der Waals surface area contributed by atoms with Crippen LogP contribution in [0, 0.1) is 13.8 Å². The van der Waals surface area contributed by atoms with Gasteiger partial charge in [-0.1, -0.05) is 30.3 Å². The van der Waals surface area contributed by atoms with Gasteiger partial charge in [0.2, 0.25) is 0 Å². The van der Waals surface area contributed by atoms with Crippen LogP contribution in [0.25, 0.3) is 16.4 Å². The third-order valence-electron chi connectivity index (χ3n) is 6.11. The summed E-state index contributed by atoms with van der Waals surface area (Å²) in [7, 11) is 0. The highest BCUT2D eigenvalue weighted by Crippen LogP contribution is 2.19. The summed E-state index contributed by atoms with van der Waals surface area (Å²) in [5, 5.41) is 2.28. The molecule has 0 unspecified atom stereocenters. The largest absolute Gasteiger partial charge is 0.336 e. The smallest absolute Gasteiger partial charge is 0.253 e. The number of hydrogen-bond donors (Lipinski definition) is 0. The summed E-state index contributed by atoms with van der Waals surface area (Å²) in [5.74, 6) is 0.127. The van der Waals surface area contributed by atoms with Crippen molar-refractivity contribution in [2.75, 3.05) is 26.2 Å². The number of carbonyl (C=O) groups excluding carboxylic acids is 1. The summed E-state index contributed by atoms with van der Waals surface area (Å²) in [6.07, 6.45) is 2.11. The molecule has 3 heterocycles. The minimum Gasteiger partial charge on any atom is -0.336 e. The van der Waals surface area contributed by atoms with Crippen LogP contribution in [0.5, 0.6) is 0 Å². The first-order chi connectivity index (χ1) is 14.6. The van der Waals surface area contributed by atoms with Crippen LogP contribution in [0.15, 0.2) is 60.8 Å². The van der Waals surface area contributed by atoms with E-state index in [9.17, 15) is 4.79 Å². The molecule has 30 heavy (non-hydrogen) atoms. The van der Waals surface area contributed by atoms with E-state index in [-0.39, 0.29) is 5.91 Å². The molecule has 1 aliphatic rings. The minimum absolute atomic E-state index is 0.127. The average molecular weight is 399 g/mol. The molecule has 4 aromatic rings. The van der Waals surface area contributed by atoms with E-state index in [2.05, 4.69) is 53.6 Å². The van der Waals surface area contributed by atoms with Gasteiger partial charge in [0.1, 0.15) is 5.65 Å². The fourth-order valence-electron chi connectivity index (χ4n) is 4.33. The van der Waals surface area contributed by atoms with Crippen molar-refractivity contribution in [2.24, 2.45) is 0 Å². The van der Waals surface area contributed by atoms with Crippen LogP contribution in [-0.4, -0.2) is 51.3 Å². The molecule has 5 nitrogen and oxygen atoms in total. The molecular weight excluding hydrogens is 372 g/mol. The maximum atomic E-state index is 13.0. The highest BCUT2D eigenvalue weighted by molar-refractivity contribution is 5.98. The van der Waals surface area contributed by atoms with Crippen molar-refractivity contribution in [1.29, 1.82) is 0 Å². The van der Waals surface area contributed by atoms with Crippen molar-refractivity contribution >= 4 is 22.3 Å². The maximum Gasteiger partial charge on any atom is 0.253 e. The van der Waals surface area contributed by atoms with Crippen molar-refractivity contribution in [3.63, 3.8) is 0 Å². The fraction of sp³-hybridized carbons (Fsp3) is 0.280. The molecule has 0 N–H and O–H groups in total. The summed E-state index contributed by atoms with van der Waals surface area (Å²) >= 11 is 0. The van der Waals surface area contributed by atoms with Gasteiger partial charge in [0, 0.05) is 44.5 Å². The Labute approximate surface area is 176 Å². The molecule has 5 heteroatoms. The minimum atomic E-state index is 0.127. The number of nitrogens with zero attached hydrogens (tertiary/aromatic N) is 4. The number of piperazine rings is 1. The Bertz CT molecular complexity index is 1230. The number of aryl methyl sites for hydroxylation is 2. The van der Waals surface area contributed by atoms with Crippen LogP contribution < -0.4 is 0 Å². The van der Waals surface area contributed by atoms with Gasteiger partial charge < -0.3 is 9.30 Å². The standard InChI is InChI=1S/C25H26N4O/c1-18-9-10-29-23(19(2)26-24(29)15-18)17-27-11-13-28(14-12-27)25(30)22-8-7-20-5-3-4-6-21(20)16-22/h3-10,15-16H,11-14,17H2,1-2H3. The molecule has 0 aliphatic carbocycles. The molecular formula is C25H26N4O. The summed E-state index contributed by atoms with van der Waals surface area (Å²) in [5.41, 5.74) is 5.32. The second kappa shape index (κ2) is 7.58. The molecule has 2 aromatic heterocycles. The van der Waals surface area contributed by atoms with Gasteiger partial charge in [0.25, 0.3) is 5.91 Å². The van der Waals surface area contributed by atoms with Crippen LogP contribution in [0.3, 0.4) is 0 Å². The van der Waals surface area contributed by atoms with E-state index in [1.54, 1.807) is 0 Å². The molecule has 2 aromatic carbocycles. The topological polar surface area (TPSA) is 40.9 Å². The van der Waals surface area contributed by atoms with Crippen molar-refractivity contribution in [2.45, 2.75) is 20.4 Å². The second-order valence-electron chi connectivity index (χ2n) is 8.21. The van der Waals surface area contributed by atoms with Crippen molar-refractivity contribution in [1.82, 2.24) is 19.2 Å². The number of fused-ring (bicyclic) bond motifs is 2. The lowest BCUT2D eigenvalue weighted by Crippen LogP contribution is -2.48. The average Bonchev–Trinajstić information content (AvgIpc) is 3.07. The Hall–Kier alpha value is -3.18. The number of imidazole rings is 1. The number of carbonyl (C=O) groups is 1. The number of rotatable bonds is 3. The maximum absolute atomic E-state index is 13.0. The number of pyridine rings is 1. The van der Waals surface area contributed by atoms with E-state index in [1.807, 2.05) is 35.2 Å². The molecule has 0 spiro atoms. The third-order valence-corrected chi connectivity index (χ3v) is 6.11. The predicted molar refractivity (Wildman–Crippen MR) is 120 cm³/mol. The first-order valence-electron chi connectivity index (χ1n) is 10.5. The second-order valence-corrected chi connectivity index (χ2v) is 8.21. The zero-order valence-corrected chi connectivity index (χ0v) is 17.5. The lowest BCUT2D eigenvalue weighted by atomic mass is 10.1. The van der Waals surface area contributed by atoms with Gasteiger partial charge in [0.15, 0.2) is 0 Å². The first kappa shape index (κ1) is 18.8. The van der Waals surface area contributed by atoms with E-state index >= 15 is 0 Å². The van der Waals surface area contributed by atoms with E-state index in [4.69, 9.17) is 4.98 Å². The van der Waals surface area contributed by atoms with Crippen molar-refractivity contribution in [3.8, 4) is 0 Å². The zero-order valence-electron chi connectivity index (χ0n) is 17.5. The predicted octanol–water partition coefficient (Wildman–Crippen LogP) is 4.06.